The lowest BCUT2D eigenvalue weighted by molar-refractivity contribution is 0.1000. The Morgan fingerprint density at radius 3 is 2.88 bits per heavy atom. The monoisotopic (exact) mass is 303 g/mol. The molecule has 0 aromatic carbocycles. The van der Waals surface area contributed by atoms with Crippen molar-refractivity contribution in [1.29, 1.82) is 0 Å². The molecule has 1 fully saturated rings. The van der Waals surface area contributed by atoms with E-state index in [1.165, 1.54) is 0 Å². The molecule has 16 heavy (non-hydrogen) atoms. The average Bonchev–Trinajstić information content (AvgIpc) is 2.33. The normalized spacial score (nSPS) is 17.4. The molecule has 1 N–H and O–H groups in total. The minimum Gasteiger partial charge on any atom is -0.381 e. The molecule has 2 rings (SSSR count). The van der Waals surface area contributed by atoms with Crippen LogP contribution in [0.1, 0.15) is 12.8 Å². The summed E-state index contributed by atoms with van der Waals surface area (Å²) in [5.74, 6) is 0.838. The summed E-state index contributed by atoms with van der Waals surface area (Å²) in [6.45, 7) is 1.72. The molecular formula is C10H14BrN3OS. The molecule has 88 valence electrons. The van der Waals surface area contributed by atoms with Crippen molar-refractivity contribution in [3.63, 3.8) is 0 Å². The summed E-state index contributed by atoms with van der Waals surface area (Å²) in [7, 11) is 1.86. The molecule has 0 unspecified atom stereocenters. The number of halogens is 1. The molecule has 0 aliphatic carbocycles. The smallest absolute Gasteiger partial charge is 0.144 e. The van der Waals surface area contributed by atoms with Crippen LogP contribution in [0.3, 0.4) is 0 Å². The maximum absolute atomic E-state index is 5.34. The summed E-state index contributed by atoms with van der Waals surface area (Å²) < 4.78 is 6.30. The summed E-state index contributed by atoms with van der Waals surface area (Å²) in [5.41, 5.74) is 0. The van der Waals surface area contributed by atoms with Gasteiger partial charge < -0.3 is 10.1 Å². The zero-order chi connectivity index (χ0) is 11.4. The van der Waals surface area contributed by atoms with Crippen LogP contribution in [0.25, 0.3) is 0 Å². The van der Waals surface area contributed by atoms with Crippen LogP contribution in [0, 0.1) is 0 Å². The predicted octanol–water partition coefficient (Wildman–Crippen LogP) is 2.55. The fourth-order valence-corrected chi connectivity index (χ4v) is 3.30. The van der Waals surface area contributed by atoms with Gasteiger partial charge in [0.15, 0.2) is 0 Å². The standard InChI is InChI=1S/C10H14BrN3OS/c1-12-9-8(11)10(14-6-13-9)16-7-2-4-15-5-3-7/h6-7H,2-5H2,1H3,(H,12,13,14). The minimum atomic E-state index is 0.602. The average molecular weight is 304 g/mol. The van der Waals surface area contributed by atoms with E-state index in [4.69, 9.17) is 4.74 Å². The van der Waals surface area contributed by atoms with E-state index in [0.29, 0.717) is 5.25 Å². The second kappa shape index (κ2) is 5.84. The summed E-state index contributed by atoms with van der Waals surface area (Å²) in [6.07, 6.45) is 3.78. The highest BCUT2D eigenvalue weighted by molar-refractivity contribution is 9.10. The zero-order valence-corrected chi connectivity index (χ0v) is 11.5. The minimum absolute atomic E-state index is 0.602. The van der Waals surface area contributed by atoms with Gasteiger partial charge in [-0.2, -0.15) is 0 Å². The maximum atomic E-state index is 5.34. The van der Waals surface area contributed by atoms with E-state index >= 15 is 0 Å². The van der Waals surface area contributed by atoms with Crippen LogP contribution < -0.4 is 5.32 Å². The van der Waals surface area contributed by atoms with E-state index in [2.05, 4.69) is 31.2 Å². The van der Waals surface area contributed by atoms with Gasteiger partial charge in [0.1, 0.15) is 17.2 Å². The maximum Gasteiger partial charge on any atom is 0.144 e. The van der Waals surface area contributed by atoms with E-state index in [9.17, 15) is 0 Å². The molecule has 4 nitrogen and oxygen atoms in total. The van der Waals surface area contributed by atoms with Gasteiger partial charge in [-0.1, -0.05) is 0 Å². The van der Waals surface area contributed by atoms with Crippen molar-refractivity contribution in [2.75, 3.05) is 25.6 Å². The van der Waals surface area contributed by atoms with Crippen LogP contribution in [-0.2, 0) is 4.74 Å². The van der Waals surface area contributed by atoms with E-state index in [0.717, 1.165) is 41.4 Å². The first-order chi connectivity index (χ1) is 7.81. The first kappa shape index (κ1) is 12.1. The number of hydrogen-bond donors (Lipinski definition) is 1. The second-order valence-electron chi connectivity index (χ2n) is 3.52. The molecule has 0 radical (unpaired) electrons. The Labute approximate surface area is 108 Å². The molecule has 0 saturated carbocycles. The second-order valence-corrected chi connectivity index (χ2v) is 5.60. The number of thioether (sulfide) groups is 1. The third-order valence-corrected chi connectivity index (χ3v) is 4.79. The number of aromatic nitrogens is 2. The first-order valence-corrected chi connectivity index (χ1v) is 6.91. The molecule has 0 amide bonds. The third-order valence-electron chi connectivity index (χ3n) is 2.44. The van der Waals surface area contributed by atoms with E-state index < -0.39 is 0 Å². The largest absolute Gasteiger partial charge is 0.381 e. The van der Waals surface area contributed by atoms with Gasteiger partial charge in [0.05, 0.1) is 4.47 Å². The molecule has 1 aromatic rings. The van der Waals surface area contributed by atoms with E-state index in [-0.39, 0.29) is 0 Å². The van der Waals surface area contributed by atoms with Gasteiger partial charge in [-0.05, 0) is 28.8 Å². The Morgan fingerprint density at radius 2 is 2.19 bits per heavy atom. The number of ether oxygens (including phenoxy) is 1. The van der Waals surface area contributed by atoms with E-state index in [1.54, 1.807) is 18.1 Å². The van der Waals surface area contributed by atoms with Crippen molar-refractivity contribution in [2.45, 2.75) is 23.1 Å². The summed E-state index contributed by atoms with van der Waals surface area (Å²) in [5, 5.41) is 4.64. The predicted molar refractivity (Wildman–Crippen MR) is 69.0 cm³/mol. The summed E-state index contributed by atoms with van der Waals surface area (Å²) in [6, 6.07) is 0. The van der Waals surface area contributed by atoms with Gasteiger partial charge in [-0.25, -0.2) is 9.97 Å². The van der Waals surface area contributed by atoms with Crippen LogP contribution in [0.15, 0.2) is 15.8 Å². The van der Waals surface area contributed by atoms with Gasteiger partial charge in [0.2, 0.25) is 0 Å². The number of nitrogens with zero attached hydrogens (tertiary/aromatic N) is 2. The van der Waals surface area contributed by atoms with Gasteiger partial charge in [-0.3, -0.25) is 0 Å². The zero-order valence-electron chi connectivity index (χ0n) is 9.07. The molecular weight excluding hydrogens is 290 g/mol. The Morgan fingerprint density at radius 1 is 1.44 bits per heavy atom. The fourth-order valence-electron chi connectivity index (χ4n) is 1.56. The van der Waals surface area contributed by atoms with Crippen molar-refractivity contribution in [3.8, 4) is 0 Å². The lowest BCUT2D eigenvalue weighted by Gasteiger charge is -2.21. The molecule has 1 aliphatic heterocycles. The molecule has 0 spiro atoms. The van der Waals surface area contributed by atoms with Crippen molar-refractivity contribution in [1.82, 2.24) is 9.97 Å². The van der Waals surface area contributed by atoms with Crippen molar-refractivity contribution in [3.05, 3.63) is 10.8 Å². The molecule has 2 heterocycles. The lowest BCUT2D eigenvalue weighted by atomic mass is 10.2. The van der Waals surface area contributed by atoms with Gasteiger partial charge in [0, 0.05) is 25.5 Å². The van der Waals surface area contributed by atoms with Crippen LogP contribution in [-0.4, -0.2) is 35.5 Å². The fraction of sp³-hybridized carbons (Fsp3) is 0.600. The molecule has 6 heteroatoms. The molecule has 1 aliphatic rings. The lowest BCUT2D eigenvalue weighted by Crippen LogP contribution is -2.17. The van der Waals surface area contributed by atoms with Crippen LogP contribution in [0.4, 0.5) is 5.82 Å². The number of anilines is 1. The highest BCUT2D eigenvalue weighted by Gasteiger charge is 2.18. The Balaban J connectivity index is 2.08. The van der Waals surface area contributed by atoms with Crippen LogP contribution in [0.5, 0.6) is 0 Å². The Hall–Kier alpha value is -0.330. The van der Waals surface area contributed by atoms with Crippen LogP contribution >= 0.6 is 27.7 Å². The summed E-state index contributed by atoms with van der Waals surface area (Å²) >= 11 is 5.33. The summed E-state index contributed by atoms with van der Waals surface area (Å²) in [4.78, 5) is 8.45. The van der Waals surface area contributed by atoms with Gasteiger partial charge in [-0.15, -0.1) is 11.8 Å². The van der Waals surface area contributed by atoms with Crippen molar-refractivity contribution < 1.29 is 4.74 Å². The van der Waals surface area contributed by atoms with E-state index in [1.807, 2.05) is 7.05 Å². The van der Waals surface area contributed by atoms with Gasteiger partial charge in [0.25, 0.3) is 0 Å². The Bertz CT molecular complexity index is 358. The number of hydrogen-bond acceptors (Lipinski definition) is 5. The first-order valence-electron chi connectivity index (χ1n) is 5.24. The van der Waals surface area contributed by atoms with Crippen molar-refractivity contribution >= 4 is 33.5 Å². The highest BCUT2D eigenvalue weighted by atomic mass is 79.9. The third kappa shape index (κ3) is 2.87. The molecule has 1 aromatic heterocycles. The van der Waals surface area contributed by atoms with Gasteiger partial charge >= 0.3 is 0 Å². The van der Waals surface area contributed by atoms with Crippen LogP contribution in [0.2, 0.25) is 0 Å². The topological polar surface area (TPSA) is 47.0 Å². The molecule has 0 bridgehead atoms. The Kier molecular flexibility index (Phi) is 4.43. The number of rotatable bonds is 3. The molecule has 1 saturated heterocycles. The molecule has 0 atom stereocenters. The van der Waals surface area contributed by atoms with Crippen molar-refractivity contribution in [2.24, 2.45) is 0 Å². The number of nitrogens with one attached hydrogen (secondary N) is 1. The quantitative estimate of drug-likeness (QED) is 0.870. The highest BCUT2D eigenvalue weighted by Crippen LogP contribution is 2.35. The SMILES string of the molecule is CNc1ncnc(SC2CCOCC2)c1Br.